The van der Waals surface area contributed by atoms with E-state index >= 15 is 0 Å². The Morgan fingerprint density at radius 1 is 1.29 bits per heavy atom. The number of carboxylic acids is 1. The maximum atomic E-state index is 13.4. The highest BCUT2D eigenvalue weighted by Crippen LogP contribution is 2.30. The summed E-state index contributed by atoms with van der Waals surface area (Å²) in [5, 5.41) is 9.11. The summed E-state index contributed by atoms with van der Waals surface area (Å²) < 4.78 is 26.9. The molecule has 0 aromatic heterocycles. The van der Waals surface area contributed by atoms with E-state index in [9.17, 15) is 13.6 Å². The lowest BCUT2D eigenvalue weighted by molar-refractivity contribution is -0.145. The van der Waals surface area contributed by atoms with Gasteiger partial charge in [0.1, 0.15) is 11.6 Å². The van der Waals surface area contributed by atoms with Crippen molar-refractivity contribution in [1.82, 2.24) is 0 Å². The topological polar surface area (TPSA) is 37.3 Å². The largest absolute Gasteiger partial charge is 0.481 e. The predicted molar refractivity (Wildman–Crippen MR) is 60.6 cm³/mol. The third-order valence-electron chi connectivity index (χ3n) is 2.81. The fraction of sp³-hybridized carbons (Fsp3) is 0.462. The van der Waals surface area contributed by atoms with E-state index in [1.165, 1.54) is 6.07 Å². The van der Waals surface area contributed by atoms with Crippen molar-refractivity contribution in [1.29, 1.82) is 0 Å². The smallest absolute Gasteiger partial charge is 0.307 e. The molecule has 0 aliphatic rings. The van der Waals surface area contributed by atoms with E-state index in [0.717, 1.165) is 12.1 Å². The first-order valence-corrected chi connectivity index (χ1v) is 5.39. The zero-order valence-corrected chi connectivity index (χ0v) is 10.1. The Bertz CT molecular complexity index is 402. The van der Waals surface area contributed by atoms with Crippen LogP contribution < -0.4 is 0 Å². The molecule has 0 spiro atoms. The van der Waals surface area contributed by atoms with Crippen LogP contribution in [0.1, 0.15) is 26.3 Å². The molecule has 1 aromatic rings. The van der Waals surface area contributed by atoms with Crippen molar-refractivity contribution in [2.24, 2.45) is 11.3 Å². The number of hydrogen-bond donors (Lipinski definition) is 1. The summed E-state index contributed by atoms with van der Waals surface area (Å²) >= 11 is 0. The molecule has 1 atom stereocenters. The minimum Gasteiger partial charge on any atom is -0.481 e. The zero-order chi connectivity index (χ0) is 13.2. The summed E-state index contributed by atoms with van der Waals surface area (Å²) in [7, 11) is 0. The average Bonchev–Trinajstić information content (AvgIpc) is 2.14. The van der Waals surface area contributed by atoms with Crippen LogP contribution in [0.2, 0.25) is 0 Å². The Morgan fingerprint density at radius 3 is 2.12 bits per heavy atom. The highest BCUT2D eigenvalue weighted by molar-refractivity contribution is 5.71. The van der Waals surface area contributed by atoms with Gasteiger partial charge in [-0.3, -0.25) is 4.79 Å². The highest BCUT2D eigenvalue weighted by atomic mass is 19.1. The zero-order valence-electron chi connectivity index (χ0n) is 10.1. The molecule has 0 fully saturated rings. The molecule has 1 N–H and O–H groups in total. The van der Waals surface area contributed by atoms with Gasteiger partial charge in [0.05, 0.1) is 5.92 Å². The average molecular weight is 242 g/mol. The van der Waals surface area contributed by atoms with E-state index in [-0.39, 0.29) is 12.0 Å². The van der Waals surface area contributed by atoms with Crippen molar-refractivity contribution in [2.75, 3.05) is 0 Å². The van der Waals surface area contributed by atoms with Crippen LogP contribution in [0.25, 0.3) is 0 Å². The van der Waals surface area contributed by atoms with Crippen molar-refractivity contribution in [3.05, 3.63) is 35.4 Å². The molecule has 94 valence electrons. The van der Waals surface area contributed by atoms with Gasteiger partial charge in [-0.2, -0.15) is 0 Å². The third kappa shape index (κ3) is 3.25. The van der Waals surface area contributed by atoms with Crippen LogP contribution in [0.5, 0.6) is 0 Å². The maximum Gasteiger partial charge on any atom is 0.307 e. The van der Waals surface area contributed by atoms with E-state index in [2.05, 4.69) is 0 Å². The SMILES string of the molecule is CC(C)(C)C(Cc1c(F)cccc1F)C(=O)O. The molecular weight excluding hydrogens is 226 g/mol. The molecule has 0 aliphatic heterocycles. The molecule has 17 heavy (non-hydrogen) atoms. The van der Waals surface area contributed by atoms with Crippen LogP contribution in [0.4, 0.5) is 8.78 Å². The van der Waals surface area contributed by atoms with Gasteiger partial charge in [0, 0.05) is 5.56 Å². The van der Waals surface area contributed by atoms with Crippen molar-refractivity contribution in [3.63, 3.8) is 0 Å². The van der Waals surface area contributed by atoms with E-state index in [4.69, 9.17) is 5.11 Å². The summed E-state index contributed by atoms with van der Waals surface area (Å²) in [5.41, 5.74) is -0.713. The second-order valence-corrected chi connectivity index (χ2v) is 5.16. The van der Waals surface area contributed by atoms with Gasteiger partial charge in [-0.1, -0.05) is 26.8 Å². The molecule has 0 saturated carbocycles. The fourth-order valence-corrected chi connectivity index (χ4v) is 1.70. The molecule has 4 heteroatoms. The molecule has 0 amide bonds. The molecule has 1 rings (SSSR count). The summed E-state index contributed by atoms with van der Waals surface area (Å²) in [5.74, 6) is -3.25. The van der Waals surface area contributed by atoms with Crippen LogP contribution in [-0.2, 0) is 11.2 Å². The van der Waals surface area contributed by atoms with Gasteiger partial charge in [-0.05, 0) is 24.0 Å². The summed E-state index contributed by atoms with van der Waals surface area (Å²) in [6.45, 7) is 5.22. The Labute approximate surface area is 99.3 Å². The predicted octanol–water partition coefficient (Wildman–Crippen LogP) is 3.25. The molecule has 0 heterocycles. The summed E-state index contributed by atoms with van der Waals surface area (Å²) in [4.78, 5) is 11.1. The number of rotatable bonds is 3. The maximum absolute atomic E-state index is 13.4. The van der Waals surface area contributed by atoms with Gasteiger partial charge in [0.25, 0.3) is 0 Å². The Balaban J connectivity index is 3.07. The molecule has 1 aromatic carbocycles. The molecule has 0 bridgehead atoms. The van der Waals surface area contributed by atoms with Crippen LogP contribution in [0.15, 0.2) is 18.2 Å². The summed E-state index contributed by atoms with van der Waals surface area (Å²) in [6.07, 6.45) is -0.142. The lowest BCUT2D eigenvalue weighted by Gasteiger charge is -2.27. The van der Waals surface area contributed by atoms with Gasteiger partial charge in [0.15, 0.2) is 0 Å². The highest BCUT2D eigenvalue weighted by Gasteiger charge is 2.32. The molecule has 2 nitrogen and oxygen atoms in total. The third-order valence-corrected chi connectivity index (χ3v) is 2.81. The number of hydrogen-bond acceptors (Lipinski definition) is 1. The lowest BCUT2D eigenvalue weighted by Crippen LogP contribution is -2.30. The lowest BCUT2D eigenvalue weighted by atomic mass is 9.77. The Hall–Kier alpha value is -1.45. The number of aliphatic carboxylic acids is 1. The van der Waals surface area contributed by atoms with Crippen molar-refractivity contribution >= 4 is 5.97 Å². The Kier molecular flexibility index (Phi) is 3.86. The first kappa shape index (κ1) is 13.6. The normalized spacial score (nSPS) is 13.5. The van der Waals surface area contributed by atoms with Crippen molar-refractivity contribution < 1.29 is 18.7 Å². The van der Waals surface area contributed by atoms with Crippen LogP contribution in [0.3, 0.4) is 0 Å². The van der Waals surface area contributed by atoms with Gasteiger partial charge in [-0.25, -0.2) is 8.78 Å². The standard InChI is InChI=1S/C13H16F2O2/c1-13(2,3)9(12(16)17)7-8-10(14)5-4-6-11(8)15/h4-6,9H,7H2,1-3H3,(H,16,17). The van der Waals surface area contributed by atoms with Crippen LogP contribution >= 0.6 is 0 Å². The Morgan fingerprint density at radius 2 is 1.76 bits per heavy atom. The molecule has 0 aliphatic carbocycles. The van der Waals surface area contributed by atoms with Crippen LogP contribution in [0, 0.1) is 23.0 Å². The summed E-state index contributed by atoms with van der Waals surface area (Å²) in [6, 6.07) is 3.54. The van der Waals surface area contributed by atoms with Crippen molar-refractivity contribution in [3.8, 4) is 0 Å². The van der Waals surface area contributed by atoms with Crippen LogP contribution in [-0.4, -0.2) is 11.1 Å². The number of benzene rings is 1. The second kappa shape index (κ2) is 4.82. The second-order valence-electron chi connectivity index (χ2n) is 5.16. The first-order chi connectivity index (χ1) is 7.73. The van der Waals surface area contributed by atoms with E-state index in [1.807, 2.05) is 0 Å². The fourth-order valence-electron chi connectivity index (χ4n) is 1.70. The van der Waals surface area contributed by atoms with Crippen molar-refractivity contribution in [2.45, 2.75) is 27.2 Å². The monoisotopic (exact) mass is 242 g/mol. The van der Waals surface area contributed by atoms with Gasteiger partial charge in [0.2, 0.25) is 0 Å². The quantitative estimate of drug-likeness (QED) is 0.883. The molecule has 0 saturated heterocycles. The minimum atomic E-state index is -1.04. The van der Waals surface area contributed by atoms with Gasteiger partial charge >= 0.3 is 5.97 Å². The number of carbonyl (C=O) groups is 1. The van der Waals surface area contributed by atoms with Gasteiger partial charge < -0.3 is 5.11 Å². The van der Waals surface area contributed by atoms with E-state index in [0.29, 0.717) is 0 Å². The molecule has 1 unspecified atom stereocenters. The van der Waals surface area contributed by atoms with E-state index < -0.39 is 28.9 Å². The molecular formula is C13H16F2O2. The first-order valence-electron chi connectivity index (χ1n) is 5.39. The van der Waals surface area contributed by atoms with E-state index in [1.54, 1.807) is 20.8 Å². The number of carboxylic acid groups (broad SMARTS) is 1. The number of halogens is 2. The van der Waals surface area contributed by atoms with Gasteiger partial charge in [-0.15, -0.1) is 0 Å². The minimum absolute atomic E-state index is 0.142. The molecule has 0 radical (unpaired) electrons.